The van der Waals surface area contributed by atoms with E-state index < -0.39 is 0 Å². The van der Waals surface area contributed by atoms with Crippen molar-refractivity contribution in [1.29, 1.82) is 0 Å². The summed E-state index contributed by atoms with van der Waals surface area (Å²) in [7, 11) is 0. The van der Waals surface area contributed by atoms with Gasteiger partial charge < -0.3 is 9.80 Å². The molecule has 1 aliphatic heterocycles. The molecule has 2 fully saturated rings. The number of halogens is 1. The van der Waals surface area contributed by atoms with Crippen LogP contribution in [0.15, 0.2) is 36.4 Å². The smallest absolute Gasteiger partial charge is 0.225 e. The number of nitrogens with zero attached hydrogens (tertiary/aromatic N) is 4. The molecule has 166 valence electrons. The zero-order chi connectivity index (χ0) is 21.6. The molecule has 0 atom stereocenters. The molecule has 1 amide bonds. The number of unbranched alkanes of at least 4 members (excludes halogenated alkanes) is 1. The highest BCUT2D eigenvalue weighted by Crippen LogP contribution is 2.33. The number of hydrogen-bond donors (Lipinski definition) is 0. The highest BCUT2D eigenvalue weighted by molar-refractivity contribution is 6.33. The van der Waals surface area contributed by atoms with Gasteiger partial charge in [0.25, 0.3) is 0 Å². The van der Waals surface area contributed by atoms with E-state index in [1.807, 2.05) is 36.4 Å². The first-order valence-electron chi connectivity index (χ1n) is 11.8. The standard InChI is InChI=1S/C25H33ClN4O/c1-2-3-6-19-9-11-20(12-10-19)25(31)30-17-15-29(16-18-30)24-14-13-23(27-28-24)21-7-4-5-8-22(21)26/h4-5,7-8,13-14,19-20H,2-3,6,9-12,15-18H2,1H3. The minimum absolute atomic E-state index is 0.235. The van der Waals surface area contributed by atoms with Gasteiger partial charge in [-0.2, -0.15) is 0 Å². The molecule has 1 aromatic carbocycles. The molecule has 2 heterocycles. The molecule has 4 rings (SSSR count). The molecule has 1 saturated heterocycles. The Bertz CT molecular complexity index is 856. The molecule has 0 radical (unpaired) electrons. The highest BCUT2D eigenvalue weighted by atomic mass is 35.5. The second-order valence-corrected chi connectivity index (χ2v) is 9.34. The van der Waals surface area contributed by atoms with Gasteiger partial charge in [0.15, 0.2) is 5.82 Å². The number of anilines is 1. The predicted octanol–water partition coefficient (Wildman–Crippen LogP) is 5.44. The molecule has 0 bridgehead atoms. The zero-order valence-electron chi connectivity index (χ0n) is 18.5. The fourth-order valence-electron chi connectivity index (χ4n) is 4.91. The topological polar surface area (TPSA) is 49.3 Å². The Morgan fingerprint density at radius 2 is 1.74 bits per heavy atom. The van der Waals surface area contributed by atoms with Crippen molar-refractivity contribution in [2.24, 2.45) is 11.8 Å². The summed E-state index contributed by atoms with van der Waals surface area (Å²) in [5.41, 5.74) is 1.67. The Hall–Kier alpha value is -2.14. The van der Waals surface area contributed by atoms with Crippen LogP contribution in [0.4, 0.5) is 5.82 Å². The monoisotopic (exact) mass is 440 g/mol. The van der Waals surface area contributed by atoms with E-state index in [4.69, 9.17) is 11.6 Å². The molecule has 1 saturated carbocycles. The first-order valence-corrected chi connectivity index (χ1v) is 12.2. The molecule has 2 aliphatic rings. The van der Waals surface area contributed by atoms with Gasteiger partial charge in [-0.25, -0.2) is 0 Å². The van der Waals surface area contributed by atoms with Crippen molar-refractivity contribution in [1.82, 2.24) is 15.1 Å². The summed E-state index contributed by atoms with van der Waals surface area (Å²) in [6.07, 6.45) is 8.54. The third-order valence-corrected chi connectivity index (χ3v) is 7.21. The van der Waals surface area contributed by atoms with E-state index in [2.05, 4.69) is 26.9 Å². The molecule has 5 nitrogen and oxygen atoms in total. The third kappa shape index (κ3) is 5.38. The van der Waals surface area contributed by atoms with Gasteiger partial charge in [0.2, 0.25) is 5.91 Å². The maximum Gasteiger partial charge on any atom is 0.225 e. The van der Waals surface area contributed by atoms with Crippen LogP contribution in [0.1, 0.15) is 51.9 Å². The average molecular weight is 441 g/mol. The fourth-order valence-corrected chi connectivity index (χ4v) is 5.14. The molecule has 31 heavy (non-hydrogen) atoms. The average Bonchev–Trinajstić information content (AvgIpc) is 2.83. The fraction of sp³-hybridized carbons (Fsp3) is 0.560. The van der Waals surface area contributed by atoms with Crippen molar-refractivity contribution in [3.63, 3.8) is 0 Å². The van der Waals surface area contributed by atoms with Crippen molar-refractivity contribution in [3.8, 4) is 11.3 Å². The molecular formula is C25H33ClN4O. The van der Waals surface area contributed by atoms with Gasteiger partial charge in [0.1, 0.15) is 0 Å². The largest absolute Gasteiger partial charge is 0.352 e. The van der Waals surface area contributed by atoms with E-state index >= 15 is 0 Å². The van der Waals surface area contributed by atoms with Crippen LogP contribution in [0, 0.1) is 11.8 Å². The molecule has 0 N–H and O–H groups in total. The van der Waals surface area contributed by atoms with Crippen molar-refractivity contribution in [3.05, 3.63) is 41.4 Å². The van der Waals surface area contributed by atoms with Gasteiger partial charge in [-0.05, 0) is 49.8 Å². The van der Waals surface area contributed by atoms with Gasteiger partial charge in [-0.1, -0.05) is 56.0 Å². The van der Waals surface area contributed by atoms with E-state index in [0.717, 1.165) is 62.0 Å². The van der Waals surface area contributed by atoms with Gasteiger partial charge in [-0.15, -0.1) is 10.2 Å². The quantitative estimate of drug-likeness (QED) is 0.599. The summed E-state index contributed by atoms with van der Waals surface area (Å²) >= 11 is 6.27. The predicted molar refractivity (Wildman–Crippen MR) is 126 cm³/mol. The van der Waals surface area contributed by atoms with Crippen LogP contribution in [0.5, 0.6) is 0 Å². The van der Waals surface area contributed by atoms with E-state index in [1.54, 1.807) is 0 Å². The summed E-state index contributed by atoms with van der Waals surface area (Å²) in [5, 5.41) is 9.49. The normalized spacial score (nSPS) is 21.9. The SMILES string of the molecule is CCCCC1CCC(C(=O)N2CCN(c3ccc(-c4ccccc4Cl)nn3)CC2)CC1. The zero-order valence-corrected chi connectivity index (χ0v) is 19.2. The first kappa shape index (κ1) is 22.1. The lowest BCUT2D eigenvalue weighted by Gasteiger charge is -2.38. The molecule has 0 unspecified atom stereocenters. The van der Waals surface area contributed by atoms with Crippen molar-refractivity contribution in [2.45, 2.75) is 51.9 Å². The van der Waals surface area contributed by atoms with E-state index in [0.29, 0.717) is 10.9 Å². The van der Waals surface area contributed by atoms with Crippen LogP contribution in [0.3, 0.4) is 0 Å². The number of carbonyl (C=O) groups is 1. The van der Waals surface area contributed by atoms with Gasteiger partial charge in [-0.3, -0.25) is 4.79 Å². The number of aromatic nitrogens is 2. The van der Waals surface area contributed by atoms with Crippen LogP contribution >= 0.6 is 11.6 Å². The summed E-state index contributed by atoms with van der Waals surface area (Å²) < 4.78 is 0. The maximum atomic E-state index is 13.0. The van der Waals surface area contributed by atoms with E-state index in [-0.39, 0.29) is 5.92 Å². The molecule has 2 aromatic rings. The Morgan fingerprint density at radius 3 is 2.39 bits per heavy atom. The molecular weight excluding hydrogens is 408 g/mol. The van der Waals surface area contributed by atoms with Crippen molar-refractivity contribution >= 4 is 23.3 Å². The summed E-state index contributed by atoms with van der Waals surface area (Å²) in [6, 6.07) is 11.6. The van der Waals surface area contributed by atoms with Crippen LogP contribution in [-0.2, 0) is 4.79 Å². The Kier molecular flexibility index (Phi) is 7.44. The summed E-state index contributed by atoms with van der Waals surface area (Å²) in [4.78, 5) is 17.3. The number of rotatable bonds is 6. The lowest BCUT2D eigenvalue weighted by Crippen LogP contribution is -2.51. The van der Waals surface area contributed by atoms with Gasteiger partial charge in [0, 0.05) is 37.7 Å². The van der Waals surface area contributed by atoms with Crippen LogP contribution in [0.2, 0.25) is 5.02 Å². The Labute approximate surface area is 190 Å². The maximum absolute atomic E-state index is 13.0. The van der Waals surface area contributed by atoms with E-state index in [9.17, 15) is 4.79 Å². The highest BCUT2D eigenvalue weighted by Gasteiger charge is 2.31. The lowest BCUT2D eigenvalue weighted by atomic mass is 9.79. The molecule has 0 spiro atoms. The van der Waals surface area contributed by atoms with E-state index in [1.165, 1.54) is 32.1 Å². The number of benzene rings is 1. The number of amides is 1. The van der Waals surface area contributed by atoms with Gasteiger partial charge in [0.05, 0.1) is 10.7 Å². The van der Waals surface area contributed by atoms with Crippen molar-refractivity contribution in [2.75, 3.05) is 31.1 Å². The van der Waals surface area contributed by atoms with Crippen LogP contribution in [0.25, 0.3) is 11.3 Å². The van der Waals surface area contributed by atoms with Gasteiger partial charge >= 0.3 is 0 Å². The Balaban J connectivity index is 1.28. The minimum Gasteiger partial charge on any atom is -0.352 e. The Morgan fingerprint density at radius 1 is 1.00 bits per heavy atom. The lowest BCUT2D eigenvalue weighted by molar-refractivity contribution is -0.137. The first-order chi connectivity index (χ1) is 15.2. The second kappa shape index (κ2) is 10.4. The molecule has 1 aromatic heterocycles. The third-order valence-electron chi connectivity index (χ3n) is 6.88. The number of hydrogen-bond acceptors (Lipinski definition) is 4. The minimum atomic E-state index is 0.235. The van der Waals surface area contributed by atoms with Crippen LogP contribution in [-0.4, -0.2) is 47.2 Å². The molecule has 1 aliphatic carbocycles. The van der Waals surface area contributed by atoms with Crippen molar-refractivity contribution < 1.29 is 4.79 Å². The van der Waals surface area contributed by atoms with Crippen LogP contribution < -0.4 is 4.90 Å². The summed E-state index contributed by atoms with van der Waals surface area (Å²) in [6.45, 7) is 5.40. The second-order valence-electron chi connectivity index (χ2n) is 8.93. The number of piperazine rings is 1. The number of carbonyl (C=O) groups excluding carboxylic acids is 1. The molecule has 6 heteroatoms. The summed E-state index contributed by atoms with van der Waals surface area (Å²) in [5.74, 6) is 2.31.